The van der Waals surface area contributed by atoms with Gasteiger partial charge in [-0.3, -0.25) is 4.68 Å². The van der Waals surface area contributed by atoms with Crippen LogP contribution in [0.5, 0.6) is 5.75 Å². The average molecular weight is 323 g/mol. The Morgan fingerprint density at radius 2 is 2.05 bits per heavy atom. The monoisotopic (exact) mass is 322 g/mol. The molecule has 1 aromatic carbocycles. The highest BCUT2D eigenvalue weighted by Gasteiger charge is 2.07. The summed E-state index contributed by atoms with van der Waals surface area (Å²) in [5.74, 6) is 0.930. The van der Waals surface area contributed by atoms with Crippen molar-refractivity contribution in [3.8, 4) is 5.75 Å². The van der Waals surface area contributed by atoms with Crippen LogP contribution in [0.4, 0.5) is 0 Å². The Bertz CT molecular complexity index is 496. The van der Waals surface area contributed by atoms with Crippen molar-refractivity contribution in [2.45, 2.75) is 31.6 Å². The molecule has 0 N–H and O–H groups in total. The SMILES string of the molecule is CCc1c(CBr)cnn1CCCOc1ccccc1. The zero-order chi connectivity index (χ0) is 13.5. The lowest BCUT2D eigenvalue weighted by atomic mass is 10.2. The second-order valence-electron chi connectivity index (χ2n) is 4.34. The van der Waals surface area contributed by atoms with Crippen molar-refractivity contribution < 1.29 is 4.74 Å². The lowest BCUT2D eigenvalue weighted by Crippen LogP contribution is -2.09. The van der Waals surface area contributed by atoms with Crippen LogP contribution in [-0.2, 0) is 18.3 Å². The summed E-state index contributed by atoms with van der Waals surface area (Å²) in [6.45, 7) is 3.79. The minimum Gasteiger partial charge on any atom is -0.494 e. The van der Waals surface area contributed by atoms with Gasteiger partial charge in [-0.25, -0.2) is 0 Å². The van der Waals surface area contributed by atoms with Crippen molar-refractivity contribution in [1.29, 1.82) is 0 Å². The molecule has 0 amide bonds. The van der Waals surface area contributed by atoms with Crippen LogP contribution < -0.4 is 4.74 Å². The van der Waals surface area contributed by atoms with E-state index in [0.717, 1.165) is 37.1 Å². The van der Waals surface area contributed by atoms with E-state index >= 15 is 0 Å². The number of alkyl halides is 1. The van der Waals surface area contributed by atoms with Gasteiger partial charge < -0.3 is 4.74 Å². The lowest BCUT2D eigenvalue weighted by Gasteiger charge is -2.08. The first kappa shape index (κ1) is 14.1. The van der Waals surface area contributed by atoms with Gasteiger partial charge in [-0.1, -0.05) is 41.1 Å². The summed E-state index contributed by atoms with van der Waals surface area (Å²) in [5, 5.41) is 5.31. The highest BCUT2D eigenvalue weighted by atomic mass is 79.9. The van der Waals surface area contributed by atoms with Gasteiger partial charge in [0, 0.05) is 29.6 Å². The number of aryl methyl sites for hydroxylation is 1. The zero-order valence-corrected chi connectivity index (χ0v) is 12.8. The Kier molecular flexibility index (Phi) is 5.45. The second kappa shape index (κ2) is 7.34. The lowest BCUT2D eigenvalue weighted by molar-refractivity contribution is 0.297. The molecule has 1 aromatic heterocycles. The highest BCUT2D eigenvalue weighted by molar-refractivity contribution is 9.08. The molecule has 0 saturated heterocycles. The van der Waals surface area contributed by atoms with E-state index in [-0.39, 0.29) is 0 Å². The molecule has 0 unspecified atom stereocenters. The molecule has 19 heavy (non-hydrogen) atoms. The molecule has 0 spiro atoms. The van der Waals surface area contributed by atoms with Crippen molar-refractivity contribution in [3.63, 3.8) is 0 Å². The molecule has 0 saturated carbocycles. The Morgan fingerprint density at radius 1 is 1.26 bits per heavy atom. The topological polar surface area (TPSA) is 27.1 Å². The van der Waals surface area contributed by atoms with Crippen LogP contribution in [0.3, 0.4) is 0 Å². The third-order valence-electron chi connectivity index (χ3n) is 3.04. The molecule has 4 heteroatoms. The molecule has 2 rings (SSSR count). The van der Waals surface area contributed by atoms with Crippen LogP contribution >= 0.6 is 15.9 Å². The van der Waals surface area contributed by atoms with Crippen molar-refractivity contribution in [1.82, 2.24) is 9.78 Å². The number of hydrogen-bond donors (Lipinski definition) is 0. The van der Waals surface area contributed by atoms with E-state index in [1.165, 1.54) is 11.3 Å². The van der Waals surface area contributed by atoms with Crippen LogP contribution in [0.1, 0.15) is 24.6 Å². The maximum atomic E-state index is 5.68. The Labute approximate surface area is 122 Å². The predicted molar refractivity (Wildman–Crippen MR) is 80.8 cm³/mol. The number of rotatable bonds is 7. The van der Waals surface area contributed by atoms with E-state index < -0.39 is 0 Å². The first-order chi connectivity index (χ1) is 9.35. The number of aromatic nitrogens is 2. The zero-order valence-electron chi connectivity index (χ0n) is 11.2. The number of hydrogen-bond acceptors (Lipinski definition) is 2. The molecular weight excluding hydrogens is 304 g/mol. The molecule has 0 atom stereocenters. The summed E-state index contributed by atoms with van der Waals surface area (Å²) in [4.78, 5) is 0. The molecule has 3 nitrogen and oxygen atoms in total. The number of benzene rings is 1. The quantitative estimate of drug-likeness (QED) is 0.572. The largest absolute Gasteiger partial charge is 0.494 e. The van der Waals surface area contributed by atoms with Crippen molar-refractivity contribution in [2.75, 3.05) is 6.61 Å². The normalized spacial score (nSPS) is 10.6. The molecule has 0 bridgehead atoms. The van der Waals surface area contributed by atoms with Crippen LogP contribution in [0.2, 0.25) is 0 Å². The summed E-state index contributed by atoms with van der Waals surface area (Å²) >= 11 is 3.50. The molecule has 1 heterocycles. The highest BCUT2D eigenvalue weighted by Crippen LogP contribution is 2.14. The standard InChI is InChI=1S/C15H19BrN2O/c1-2-15-13(11-16)12-17-18(15)9-6-10-19-14-7-4-3-5-8-14/h3-5,7-8,12H,2,6,9-11H2,1H3. The van der Waals surface area contributed by atoms with E-state index in [1.807, 2.05) is 36.5 Å². The fraction of sp³-hybridized carbons (Fsp3) is 0.400. The van der Waals surface area contributed by atoms with E-state index in [1.54, 1.807) is 0 Å². The van der Waals surface area contributed by atoms with Crippen molar-refractivity contribution in [2.24, 2.45) is 0 Å². The summed E-state index contributed by atoms with van der Waals surface area (Å²) in [7, 11) is 0. The molecular formula is C15H19BrN2O. The van der Waals surface area contributed by atoms with Crippen LogP contribution in [0, 0.1) is 0 Å². The molecule has 0 aliphatic heterocycles. The van der Waals surface area contributed by atoms with Gasteiger partial charge in [0.2, 0.25) is 0 Å². The molecule has 0 aliphatic carbocycles. The molecule has 2 aromatic rings. The molecule has 102 valence electrons. The van der Waals surface area contributed by atoms with E-state index in [0.29, 0.717) is 0 Å². The summed E-state index contributed by atoms with van der Waals surface area (Å²) in [6, 6.07) is 9.93. The van der Waals surface area contributed by atoms with Crippen LogP contribution in [-0.4, -0.2) is 16.4 Å². The average Bonchev–Trinajstić information content (AvgIpc) is 2.86. The predicted octanol–water partition coefficient (Wildman–Crippen LogP) is 3.81. The Morgan fingerprint density at radius 3 is 2.74 bits per heavy atom. The Hall–Kier alpha value is -1.29. The summed E-state index contributed by atoms with van der Waals surface area (Å²) in [6.07, 6.45) is 3.93. The van der Waals surface area contributed by atoms with Gasteiger partial charge in [0.05, 0.1) is 12.8 Å². The number of halogens is 1. The fourth-order valence-electron chi connectivity index (χ4n) is 2.08. The molecule has 0 fully saturated rings. The van der Waals surface area contributed by atoms with Crippen molar-refractivity contribution in [3.05, 3.63) is 47.8 Å². The van der Waals surface area contributed by atoms with Gasteiger partial charge in [0.1, 0.15) is 5.75 Å². The van der Waals surface area contributed by atoms with Crippen LogP contribution in [0.15, 0.2) is 36.5 Å². The Balaban J connectivity index is 1.81. The fourth-order valence-corrected chi connectivity index (χ4v) is 2.55. The van der Waals surface area contributed by atoms with Gasteiger partial charge in [0.25, 0.3) is 0 Å². The van der Waals surface area contributed by atoms with Gasteiger partial charge in [-0.2, -0.15) is 5.10 Å². The van der Waals surface area contributed by atoms with E-state index in [2.05, 4.69) is 32.6 Å². The smallest absolute Gasteiger partial charge is 0.119 e. The minimum absolute atomic E-state index is 0.719. The number of nitrogens with zero attached hydrogens (tertiary/aromatic N) is 2. The van der Waals surface area contributed by atoms with E-state index in [4.69, 9.17) is 4.74 Å². The summed E-state index contributed by atoms with van der Waals surface area (Å²) in [5.41, 5.74) is 2.60. The summed E-state index contributed by atoms with van der Waals surface area (Å²) < 4.78 is 7.77. The van der Waals surface area contributed by atoms with Gasteiger partial charge >= 0.3 is 0 Å². The minimum atomic E-state index is 0.719. The van der Waals surface area contributed by atoms with Gasteiger partial charge in [0.15, 0.2) is 0 Å². The second-order valence-corrected chi connectivity index (χ2v) is 4.90. The third-order valence-corrected chi connectivity index (χ3v) is 3.64. The molecule has 0 aliphatic rings. The maximum Gasteiger partial charge on any atom is 0.119 e. The van der Waals surface area contributed by atoms with Crippen LogP contribution in [0.25, 0.3) is 0 Å². The van der Waals surface area contributed by atoms with Crippen molar-refractivity contribution >= 4 is 15.9 Å². The molecule has 0 radical (unpaired) electrons. The van der Waals surface area contributed by atoms with Gasteiger partial charge in [-0.05, 0) is 18.6 Å². The third kappa shape index (κ3) is 3.83. The first-order valence-electron chi connectivity index (χ1n) is 6.62. The van der Waals surface area contributed by atoms with E-state index in [9.17, 15) is 0 Å². The number of para-hydroxylation sites is 1. The maximum absolute atomic E-state index is 5.68. The number of ether oxygens (including phenoxy) is 1. The van der Waals surface area contributed by atoms with Gasteiger partial charge in [-0.15, -0.1) is 0 Å². The first-order valence-corrected chi connectivity index (χ1v) is 7.74.